The number of nitrogens with zero attached hydrogens (tertiary/aromatic N) is 9. The molecule has 1 aliphatic heterocycles. The number of carbonyl (C=O) groups is 3. The zero-order valence-corrected chi connectivity index (χ0v) is 36.5. The standard InChI is InChI=1S/C44H54ClN13O4/c1-28-34-26-49-44(52-41(34)58(31-10-6-7-11-31)43(62)40(28)29(2)59)51-36-15-13-32(25-48-36)57-22-20-56(21-23-57)27-39(60)47-19-9-5-8-18-46-35-24-30(45)12-14-33(35)42(61)50-37-16-17-38(54-53-37)55(3)4/h12-17,24-26,31,46H,5-11,18-23,27H2,1-4H3,(H,47,60)(H,50,53,61)(H,48,49,51,52). The molecule has 326 valence electrons. The van der Waals surface area contributed by atoms with E-state index in [1.807, 2.05) is 37.3 Å². The zero-order valence-electron chi connectivity index (χ0n) is 35.7. The number of nitrogens with one attached hydrogen (secondary N) is 4. The summed E-state index contributed by atoms with van der Waals surface area (Å²) in [6, 6.07) is 12.5. The SMILES string of the molecule is CC(=O)c1c(C)c2cnc(Nc3ccc(N4CCN(CC(=O)NCCCCCNc5cc(Cl)ccc5C(=O)Nc5ccc(N(C)C)nn5)CC4)cn3)nc2n(C2CCCC2)c1=O. The van der Waals surface area contributed by atoms with Crippen molar-refractivity contribution in [1.29, 1.82) is 0 Å². The second kappa shape index (κ2) is 20.1. The molecular formula is C44H54ClN13O4. The number of unbranched alkanes of at least 4 members (excludes halogenated alkanes) is 2. The number of carbonyl (C=O) groups excluding carboxylic acids is 3. The highest BCUT2D eigenvalue weighted by Gasteiger charge is 2.26. The Morgan fingerprint density at radius 2 is 1.65 bits per heavy atom. The van der Waals surface area contributed by atoms with Gasteiger partial charge in [0.1, 0.15) is 11.5 Å². The van der Waals surface area contributed by atoms with Crippen molar-refractivity contribution < 1.29 is 14.4 Å². The lowest BCUT2D eigenvalue weighted by atomic mass is 10.0. The second-order valence-corrected chi connectivity index (χ2v) is 16.5. The maximum absolute atomic E-state index is 13.6. The lowest BCUT2D eigenvalue weighted by Gasteiger charge is -2.35. The van der Waals surface area contributed by atoms with Gasteiger partial charge >= 0.3 is 0 Å². The number of pyridine rings is 2. The highest BCUT2D eigenvalue weighted by atomic mass is 35.5. The molecule has 0 spiro atoms. The van der Waals surface area contributed by atoms with Crippen LogP contribution in [0.3, 0.4) is 0 Å². The highest BCUT2D eigenvalue weighted by molar-refractivity contribution is 6.31. The van der Waals surface area contributed by atoms with Crippen LogP contribution in [0.25, 0.3) is 11.0 Å². The van der Waals surface area contributed by atoms with Crippen LogP contribution < -0.4 is 36.6 Å². The average molecular weight is 864 g/mol. The van der Waals surface area contributed by atoms with Crippen molar-refractivity contribution in [3.8, 4) is 0 Å². The van der Waals surface area contributed by atoms with E-state index in [1.165, 1.54) is 6.92 Å². The van der Waals surface area contributed by atoms with Crippen molar-refractivity contribution in [2.75, 3.05) is 85.7 Å². The van der Waals surface area contributed by atoms with Gasteiger partial charge in [0, 0.05) is 81.7 Å². The van der Waals surface area contributed by atoms with Crippen LogP contribution in [0, 0.1) is 6.92 Å². The van der Waals surface area contributed by atoms with E-state index in [1.54, 1.807) is 48.0 Å². The highest BCUT2D eigenvalue weighted by Crippen LogP contribution is 2.32. The van der Waals surface area contributed by atoms with Gasteiger partial charge in [0.15, 0.2) is 17.4 Å². The number of ketones is 1. The van der Waals surface area contributed by atoms with Gasteiger partial charge < -0.3 is 31.1 Å². The molecule has 2 aliphatic rings. The van der Waals surface area contributed by atoms with E-state index in [4.69, 9.17) is 16.6 Å². The molecular weight excluding hydrogens is 810 g/mol. The molecule has 7 rings (SSSR count). The molecule has 2 fully saturated rings. The van der Waals surface area contributed by atoms with E-state index >= 15 is 0 Å². The van der Waals surface area contributed by atoms with Crippen molar-refractivity contribution in [3.05, 3.63) is 86.9 Å². The number of Topliss-reactive ketones (excluding diaryl/α,β-unsaturated/α-hetero) is 1. The van der Waals surface area contributed by atoms with Crippen LogP contribution >= 0.6 is 11.6 Å². The molecule has 0 radical (unpaired) electrons. The third kappa shape index (κ3) is 10.6. The fourth-order valence-electron chi connectivity index (χ4n) is 8.05. The first-order valence-electron chi connectivity index (χ1n) is 21.2. The summed E-state index contributed by atoms with van der Waals surface area (Å²) in [4.78, 5) is 72.0. The topological polar surface area (TPSA) is 196 Å². The van der Waals surface area contributed by atoms with Gasteiger partial charge in [-0.15, -0.1) is 10.2 Å². The first kappa shape index (κ1) is 43.9. The van der Waals surface area contributed by atoms with Crippen molar-refractivity contribution in [1.82, 2.24) is 39.9 Å². The maximum atomic E-state index is 13.6. The van der Waals surface area contributed by atoms with Gasteiger partial charge in [0.2, 0.25) is 11.9 Å². The smallest absolute Gasteiger partial charge is 0.263 e. The average Bonchev–Trinajstić information content (AvgIpc) is 3.79. The molecule has 4 aromatic heterocycles. The Morgan fingerprint density at radius 1 is 0.887 bits per heavy atom. The molecule has 1 aliphatic carbocycles. The zero-order chi connectivity index (χ0) is 43.8. The van der Waals surface area contributed by atoms with Crippen LogP contribution in [0.2, 0.25) is 5.02 Å². The molecule has 18 heteroatoms. The summed E-state index contributed by atoms with van der Waals surface area (Å²) >= 11 is 6.25. The molecule has 62 heavy (non-hydrogen) atoms. The summed E-state index contributed by atoms with van der Waals surface area (Å²) in [6.45, 7) is 7.80. The normalized spacial score (nSPS) is 14.5. The molecule has 4 N–H and O–H groups in total. The molecule has 5 aromatic rings. The van der Waals surface area contributed by atoms with E-state index < -0.39 is 0 Å². The number of piperazine rings is 1. The van der Waals surface area contributed by atoms with E-state index in [0.717, 1.165) is 76.8 Å². The van der Waals surface area contributed by atoms with Crippen LogP contribution in [-0.4, -0.2) is 112 Å². The predicted octanol–water partition coefficient (Wildman–Crippen LogP) is 5.84. The first-order chi connectivity index (χ1) is 29.9. The number of hydrogen-bond acceptors (Lipinski definition) is 14. The third-order valence-corrected chi connectivity index (χ3v) is 11.6. The summed E-state index contributed by atoms with van der Waals surface area (Å²) in [5.74, 6) is 1.38. The quantitative estimate of drug-likeness (QED) is 0.0643. The number of aryl methyl sites for hydroxylation is 1. The third-order valence-electron chi connectivity index (χ3n) is 11.4. The van der Waals surface area contributed by atoms with E-state index in [0.29, 0.717) is 75.9 Å². The summed E-state index contributed by atoms with van der Waals surface area (Å²) in [5.41, 5.74) is 3.12. The van der Waals surface area contributed by atoms with Gasteiger partial charge in [-0.3, -0.25) is 28.6 Å². The Hall–Kier alpha value is -6.20. The lowest BCUT2D eigenvalue weighted by Crippen LogP contribution is -2.49. The van der Waals surface area contributed by atoms with Gasteiger partial charge in [0.25, 0.3) is 11.5 Å². The van der Waals surface area contributed by atoms with Crippen molar-refractivity contribution >= 4 is 75.0 Å². The summed E-state index contributed by atoms with van der Waals surface area (Å²) in [7, 11) is 3.74. The number of rotatable bonds is 17. The van der Waals surface area contributed by atoms with E-state index in [9.17, 15) is 19.2 Å². The van der Waals surface area contributed by atoms with Gasteiger partial charge in [-0.25, -0.2) is 9.97 Å². The number of aromatic nitrogens is 6. The van der Waals surface area contributed by atoms with Gasteiger partial charge in [-0.2, -0.15) is 4.98 Å². The van der Waals surface area contributed by atoms with Crippen LogP contribution in [0.15, 0.2) is 59.7 Å². The number of benzene rings is 1. The van der Waals surface area contributed by atoms with Gasteiger partial charge in [-0.1, -0.05) is 24.4 Å². The molecule has 5 heterocycles. The number of anilines is 6. The summed E-state index contributed by atoms with van der Waals surface area (Å²) in [5, 5.41) is 21.8. The Labute approximate surface area is 365 Å². The van der Waals surface area contributed by atoms with Crippen molar-refractivity contribution in [2.24, 2.45) is 0 Å². The van der Waals surface area contributed by atoms with Crippen molar-refractivity contribution in [2.45, 2.75) is 64.8 Å². The fraction of sp³-hybridized carbons (Fsp3) is 0.432. The summed E-state index contributed by atoms with van der Waals surface area (Å²) in [6.07, 6.45) is 9.88. The summed E-state index contributed by atoms with van der Waals surface area (Å²) < 4.78 is 1.70. The Bertz CT molecular complexity index is 2450. The minimum Gasteiger partial charge on any atom is -0.384 e. The molecule has 0 atom stereocenters. The van der Waals surface area contributed by atoms with E-state index in [-0.39, 0.29) is 34.8 Å². The maximum Gasteiger partial charge on any atom is 0.263 e. The Balaban J connectivity index is 0.818. The molecule has 2 amide bonds. The number of amides is 2. The van der Waals surface area contributed by atoms with E-state index in [2.05, 4.69) is 51.2 Å². The molecule has 1 saturated heterocycles. The van der Waals surface area contributed by atoms with Crippen LogP contribution in [0.4, 0.5) is 34.8 Å². The van der Waals surface area contributed by atoms with Gasteiger partial charge in [0.05, 0.1) is 29.6 Å². The molecule has 1 aromatic carbocycles. The number of hydrogen-bond donors (Lipinski definition) is 4. The Morgan fingerprint density at radius 3 is 2.34 bits per heavy atom. The lowest BCUT2D eigenvalue weighted by molar-refractivity contribution is -0.122. The largest absolute Gasteiger partial charge is 0.384 e. The number of halogens is 1. The minimum absolute atomic E-state index is 0.000118. The molecule has 0 bridgehead atoms. The molecule has 0 unspecified atom stereocenters. The van der Waals surface area contributed by atoms with Gasteiger partial charge in [-0.05, 0) is 94.0 Å². The fourth-order valence-corrected chi connectivity index (χ4v) is 8.22. The first-order valence-corrected chi connectivity index (χ1v) is 21.6. The Kier molecular flexibility index (Phi) is 14.2. The monoisotopic (exact) mass is 863 g/mol. The number of fused-ring (bicyclic) bond motifs is 1. The molecule has 17 nitrogen and oxygen atoms in total. The molecule has 1 saturated carbocycles. The van der Waals surface area contributed by atoms with Crippen molar-refractivity contribution in [3.63, 3.8) is 0 Å². The second-order valence-electron chi connectivity index (χ2n) is 16.0. The van der Waals surface area contributed by atoms with Crippen LogP contribution in [0.5, 0.6) is 0 Å². The van der Waals surface area contributed by atoms with Crippen LogP contribution in [0.1, 0.15) is 84.2 Å². The van der Waals surface area contributed by atoms with Crippen LogP contribution in [-0.2, 0) is 4.79 Å². The minimum atomic E-state index is -0.315. The predicted molar refractivity (Wildman–Crippen MR) is 243 cm³/mol.